The molecule has 5 rings (SSSR count). The van der Waals surface area contributed by atoms with E-state index in [0.717, 1.165) is 27.9 Å². The molecule has 0 saturated carbocycles. The molecule has 0 aliphatic heterocycles. The van der Waals surface area contributed by atoms with Crippen LogP contribution in [0.2, 0.25) is 0 Å². The van der Waals surface area contributed by atoms with Crippen molar-refractivity contribution in [2.45, 2.75) is 18.6 Å². The van der Waals surface area contributed by atoms with Gasteiger partial charge in [0.2, 0.25) is 0 Å². The van der Waals surface area contributed by atoms with Crippen LogP contribution in [0.1, 0.15) is 33.9 Å². The molecule has 0 fully saturated rings. The number of carboxylic acid groups (broad SMARTS) is 1. The van der Waals surface area contributed by atoms with Crippen molar-refractivity contribution in [2.24, 2.45) is 0 Å². The molecular weight excluding hydrogens is 553 g/mol. The van der Waals surface area contributed by atoms with Gasteiger partial charge in [-0.2, -0.15) is 28.8 Å². The highest BCUT2D eigenvalue weighted by atomic mass is 19.4. The van der Waals surface area contributed by atoms with Crippen LogP contribution in [-0.2, 0) is 4.79 Å². The highest BCUT2D eigenvalue weighted by Gasteiger charge is 2.38. The highest BCUT2D eigenvalue weighted by molar-refractivity contribution is 6.04. The van der Waals surface area contributed by atoms with Crippen LogP contribution in [0, 0.1) is 22.7 Å². The van der Waals surface area contributed by atoms with E-state index in [4.69, 9.17) is 15.2 Å². The molecule has 3 aromatic heterocycles. The Hall–Kier alpha value is -6.02. The smallest absolute Gasteiger partial charge is 0.475 e. The Morgan fingerprint density at radius 1 is 1.10 bits per heavy atom. The van der Waals surface area contributed by atoms with E-state index in [1.807, 2.05) is 42.7 Å². The van der Waals surface area contributed by atoms with Crippen LogP contribution < -0.4 is 5.32 Å². The first kappa shape index (κ1) is 29.0. The number of aliphatic carboxylic acids is 1. The Kier molecular flexibility index (Phi) is 8.58. The van der Waals surface area contributed by atoms with E-state index in [1.54, 1.807) is 35.1 Å². The van der Waals surface area contributed by atoms with Gasteiger partial charge in [0.25, 0.3) is 5.91 Å². The van der Waals surface area contributed by atoms with Crippen LogP contribution in [0.15, 0.2) is 79.5 Å². The Morgan fingerprint density at radius 2 is 1.86 bits per heavy atom. The van der Waals surface area contributed by atoms with Gasteiger partial charge in [-0.15, -0.1) is 0 Å². The Bertz CT molecular complexity index is 1830. The number of halogens is 3. The lowest BCUT2D eigenvalue weighted by molar-refractivity contribution is -0.192. The number of carbonyl (C=O) groups excluding carboxylic acids is 1. The molecule has 0 saturated heterocycles. The maximum Gasteiger partial charge on any atom is 0.490 e. The summed E-state index contributed by atoms with van der Waals surface area (Å²) in [6.45, 7) is 0. The predicted octanol–water partition coefficient (Wildman–Crippen LogP) is 5.08. The molecule has 0 bridgehead atoms. The summed E-state index contributed by atoms with van der Waals surface area (Å²) < 4.78 is 33.5. The quantitative estimate of drug-likeness (QED) is 0.252. The average molecular weight is 573 g/mol. The number of carbonyl (C=O) groups is 2. The summed E-state index contributed by atoms with van der Waals surface area (Å²) in [5.41, 5.74) is 4.49. The number of rotatable bonds is 6. The molecule has 3 N–H and O–H groups in total. The van der Waals surface area contributed by atoms with Gasteiger partial charge >= 0.3 is 12.1 Å². The zero-order chi connectivity index (χ0) is 30.3. The van der Waals surface area contributed by atoms with Crippen molar-refractivity contribution in [3.8, 4) is 23.4 Å². The number of aromatic nitrogens is 5. The summed E-state index contributed by atoms with van der Waals surface area (Å²) in [6, 6.07) is 19.6. The number of benzene rings is 2. The third-order valence-electron chi connectivity index (χ3n) is 5.86. The standard InChI is InChI=1S/C26H18N8O.C2HF3O2/c27-9-7-23(34-15-20(14-32-34)24-22-8-10-29-25(22)31-16-30-24)18-4-2-6-21(12-18)33-26(35)19-5-1-3-17(11-19)13-28;3-2(4,5)1(6)7/h1-6,8,10-12,14-16,23H,7H2,(H,33,35)(H,29,30,31);(H,6,7). The molecule has 42 heavy (non-hydrogen) atoms. The van der Waals surface area contributed by atoms with Crippen LogP contribution in [0.25, 0.3) is 22.3 Å². The second-order valence-corrected chi connectivity index (χ2v) is 8.62. The minimum atomic E-state index is -5.08. The van der Waals surface area contributed by atoms with Crippen molar-refractivity contribution in [3.63, 3.8) is 0 Å². The molecule has 0 aliphatic carbocycles. The topological polar surface area (TPSA) is 173 Å². The predicted molar refractivity (Wildman–Crippen MR) is 143 cm³/mol. The summed E-state index contributed by atoms with van der Waals surface area (Å²) in [7, 11) is 0. The number of nitrogens with zero attached hydrogens (tertiary/aromatic N) is 6. The summed E-state index contributed by atoms with van der Waals surface area (Å²) in [5, 5.41) is 34.0. The molecule has 0 radical (unpaired) electrons. The zero-order valence-electron chi connectivity index (χ0n) is 21.4. The minimum Gasteiger partial charge on any atom is -0.475 e. The van der Waals surface area contributed by atoms with E-state index >= 15 is 0 Å². The van der Waals surface area contributed by atoms with Crippen molar-refractivity contribution in [3.05, 3.63) is 96.2 Å². The number of hydrogen-bond acceptors (Lipinski definition) is 7. The van der Waals surface area contributed by atoms with Crippen LogP contribution in [0.3, 0.4) is 0 Å². The van der Waals surface area contributed by atoms with Gasteiger partial charge in [-0.3, -0.25) is 9.48 Å². The molecule has 0 aliphatic rings. The summed E-state index contributed by atoms with van der Waals surface area (Å²) in [4.78, 5) is 33.3. The lowest BCUT2D eigenvalue weighted by atomic mass is 10.0. The first-order valence-corrected chi connectivity index (χ1v) is 12.0. The largest absolute Gasteiger partial charge is 0.490 e. The average Bonchev–Trinajstić information content (AvgIpc) is 3.66. The molecule has 2 aromatic carbocycles. The van der Waals surface area contributed by atoms with Crippen LogP contribution in [0.4, 0.5) is 18.9 Å². The van der Waals surface area contributed by atoms with E-state index in [0.29, 0.717) is 16.8 Å². The zero-order valence-corrected chi connectivity index (χ0v) is 21.4. The van der Waals surface area contributed by atoms with Crippen LogP contribution in [-0.4, -0.2) is 47.9 Å². The molecule has 0 spiro atoms. The van der Waals surface area contributed by atoms with E-state index < -0.39 is 12.1 Å². The number of alkyl halides is 3. The number of anilines is 1. The van der Waals surface area contributed by atoms with Crippen LogP contribution in [0.5, 0.6) is 0 Å². The molecule has 5 aromatic rings. The number of H-pyrrole nitrogens is 1. The fourth-order valence-corrected chi connectivity index (χ4v) is 3.94. The van der Waals surface area contributed by atoms with Crippen molar-refractivity contribution in [1.82, 2.24) is 24.7 Å². The van der Waals surface area contributed by atoms with Gasteiger partial charge in [0, 0.05) is 34.6 Å². The lowest BCUT2D eigenvalue weighted by Gasteiger charge is -2.16. The highest BCUT2D eigenvalue weighted by Crippen LogP contribution is 2.29. The second kappa shape index (κ2) is 12.4. The monoisotopic (exact) mass is 572 g/mol. The molecule has 14 heteroatoms. The maximum atomic E-state index is 12.7. The van der Waals surface area contributed by atoms with E-state index in [2.05, 4.69) is 31.4 Å². The maximum absolute atomic E-state index is 12.7. The molecule has 11 nitrogen and oxygen atoms in total. The van der Waals surface area contributed by atoms with Crippen molar-refractivity contribution in [2.75, 3.05) is 5.32 Å². The number of nitrogens with one attached hydrogen (secondary N) is 2. The number of amides is 1. The third kappa shape index (κ3) is 6.75. The Balaban J connectivity index is 0.000000517. The SMILES string of the molecule is N#CCC(c1cccc(NC(=O)c2cccc(C#N)c2)c1)n1cc(-c2ncnc3[nH]ccc23)cn1.O=C(O)C(F)(F)F. The van der Waals surface area contributed by atoms with Gasteiger partial charge in [0.05, 0.1) is 42.1 Å². The van der Waals surface area contributed by atoms with Crippen molar-refractivity contribution < 1.29 is 27.9 Å². The summed E-state index contributed by atoms with van der Waals surface area (Å²) >= 11 is 0. The van der Waals surface area contributed by atoms with Gasteiger partial charge in [0.15, 0.2) is 0 Å². The molecular formula is C28H19F3N8O3. The number of nitriles is 2. The second-order valence-electron chi connectivity index (χ2n) is 8.62. The summed E-state index contributed by atoms with van der Waals surface area (Å²) in [5.74, 6) is -3.08. The van der Waals surface area contributed by atoms with E-state index in [-0.39, 0.29) is 18.4 Å². The van der Waals surface area contributed by atoms with E-state index in [1.165, 1.54) is 12.4 Å². The third-order valence-corrected chi connectivity index (χ3v) is 5.86. The molecule has 3 heterocycles. The minimum absolute atomic E-state index is 0.187. The first-order valence-electron chi connectivity index (χ1n) is 12.0. The Morgan fingerprint density at radius 3 is 2.57 bits per heavy atom. The lowest BCUT2D eigenvalue weighted by Crippen LogP contribution is -2.21. The summed E-state index contributed by atoms with van der Waals surface area (Å²) in [6.07, 6.45) is 1.98. The number of aromatic amines is 1. The fraction of sp³-hybridized carbons (Fsp3) is 0.107. The molecule has 1 atom stereocenters. The normalized spacial score (nSPS) is 11.5. The van der Waals surface area contributed by atoms with Crippen molar-refractivity contribution >= 4 is 28.6 Å². The number of fused-ring (bicyclic) bond motifs is 1. The Labute approximate surface area is 235 Å². The molecule has 1 unspecified atom stereocenters. The molecule has 1 amide bonds. The number of carboxylic acids is 1. The van der Waals surface area contributed by atoms with Gasteiger partial charge < -0.3 is 15.4 Å². The van der Waals surface area contributed by atoms with Gasteiger partial charge in [-0.05, 0) is 42.0 Å². The first-order chi connectivity index (χ1) is 20.1. The van der Waals surface area contributed by atoms with Crippen molar-refractivity contribution in [1.29, 1.82) is 10.5 Å². The van der Waals surface area contributed by atoms with Gasteiger partial charge in [0.1, 0.15) is 12.0 Å². The van der Waals surface area contributed by atoms with Gasteiger partial charge in [-0.1, -0.05) is 18.2 Å². The number of hydrogen-bond donors (Lipinski definition) is 3. The molecule has 210 valence electrons. The van der Waals surface area contributed by atoms with Crippen LogP contribution >= 0.6 is 0 Å². The fourth-order valence-electron chi connectivity index (χ4n) is 3.94. The van der Waals surface area contributed by atoms with Gasteiger partial charge in [-0.25, -0.2) is 14.8 Å². The van der Waals surface area contributed by atoms with E-state index in [9.17, 15) is 23.2 Å².